The molecule has 1 heterocycles. The Bertz CT molecular complexity index is 641. The van der Waals surface area contributed by atoms with E-state index in [-0.39, 0.29) is 29.5 Å². The van der Waals surface area contributed by atoms with Crippen molar-refractivity contribution in [3.8, 4) is 0 Å². The van der Waals surface area contributed by atoms with Gasteiger partial charge in [0.1, 0.15) is 5.82 Å². The fourth-order valence-corrected chi connectivity index (χ4v) is 2.51. The maximum absolute atomic E-state index is 13.6. The van der Waals surface area contributed by atoms with Gasteiger partial charge in [-0.25, -0.2) is 4.39 Å². The quantitative estimate of drug-likeness (QED) is 0.855. The Morgan fingerprint density at radius 2 is 2.24 bits per heavy atom. The van der Waals surface area contributed by atoms with Crippen LogP contribution < -0.4 is 5.32 Å². The van der Waals surface area contributed by atoms with Crippen LogP contribution >= 0.6 is 23.4 Å². The van der Waals surface area contributed by atoms with E-state index in [1.807, 2.05) is 13.3 Å². The SMILES string of the molecule is CSc1nnc(CNC(=O)Cc2c(F)cccc2Cl)n1C. The number of hydrogen-bond donors (Lipinski definition) is 1. The van der Waals surface area contributed by atoms with Crippen molar-refractivity contribution in [2.24, 2.45) is 7.05 Å². The molecule has 1 aromatic carbocycles. The lowest BCUT2D eigenvalue weighted by Crippen LogP contribution is -2.26. The zero-order valence-corrected chi connectivity index (χ0v) is 13.1. The van der Waals surface area contributed by atoms with E-state index >= 15 is 0 Å². The molecular weight excluding hydrogens is 315 g/mol. The number of amides is 1. The number of nitrogens with zero attached hydrogens (tertiary/aromatic N) is 3. The Balaban J connectivity index is 1.98. The van der Waals surface area contributed by atoms with Crippen LogP contribution in [0.5, 0.6) is 0 Å². The molecule has 0 saturated heterocycles. The third-order valence-corrected chi connectivity index (χ3v) is 4.03. The number of nitrogens with one attached hydrogen (secondary N) is 1. The molecule has 0 radical (unpaired) electrons. The first-order valence-corrected chi connectivity index (χ1v) is 7.75. The average molecular weight is 329 g/mol. The maximum atomic E-state index is 13.6. The molecule has 0 unspecified atom stereocenters. The first-order valence-electron chi connectivity index (χ1n) is 6.14. The lowest BCUT2D eigenvalue weighted by molar-refractivity contribution is -0.120. The fourth-order valence-electron chi connectivity index (χ4n) is 1.78. The van der Waals surface area contributed by atoms with Crippen LogP contribution in [0.15, 0.2) is 23.4 Å². The molecule has 0 aliphatic heterocycles. The van der Waals surface area contributed by atoms with Crippen molar-refractivity contribution in [1.82, 2.24) is 20.1 Å². The van der Waals surface area contributed by atoms with Gasteiger partial charge in [-0.2, -0.15) is 0 Å². The molecule has 0 saturated carbocycles. The van der Waals surface area contributed by atoms with E-state index in [0.29, 0.717) is 5.82 Å². The van der Waals surface area contributed by atoms with Crippen LogP contribution in [0.4, 0.5) is 4.39 Å². The van der Waals surface area contributed by atoms with Gasteiger partial charge in [-0.15, -0.1) is 10.2 Å². The second-order valence-electron chi connectivity index (χ2n) is 4.32. The second kappa shape index (κ2) is 6.91. The fraction of sp³-hybridized carbons (Fsp3) is 0.308. The number of thioether (sulfide) groups is 1. The molecule has 8 heteroatoms. The summed E-state index contributed by atoms with van der Waals surface area (Å²) in [6.45, 7) is 0.231. The summed E-state index contributed by atoms with van der Waals surface area (Å²) in [4.78, 5) is 11.9. The first kappa shape index (κ1) is 15.8. The Kier molecular flexibility index (Phi) is 5.19. The van der Waals surface area contributed by atoms with Crippen molar-refractivity contribution in [2.75, 3.05) is 6.26 Å². The Morgan fingerprint density at radius 3 is 2.86 bits per heavy atom. The van der Waals surface area contributed by atoms with Gasteiger partial charge >= 0.3 is 0 Å². The summed E-state index contributed by atoms with van der Waals surface area (Å²) in [5.41, 5.74) is 0.194. The predicted molar refractivity (Wildman–Crippen MR) is 79.7 cm³/mol. The van der Waals surface area contributed by atoms with E-state index in [9.17, 15) is 9.18 Å². The Hall–Kier alpha value is -1.60. The van der Waals surface area contributed by atoms with Crippen molar-refractivity contribution in [2.45, 2.75) is 18.1 Å². The molecule has 5 nitrogen and oxygen atoms in total. The zero-order valence-electron chi connectivity index (χ0n) is 11.6. The monoisotopic (exact) mass is 328 g/mol. The smallest absolute Gasteiger partial charge is 0.224 e. The van der Waals surface area contributed by atoms with Crippen LogP contribution in [0.25, 0.3) is 0 Å². The van der Waals surface area contributed by atoms with Crippen molar-refractivity contribution in [3.63, 3.8) is 0 Å². The molecule has 1 amide bonds. The Morgan fingerprint density at radius 1 is 1.48 bits per heavy atom. The summed E-state index contributed by atoms with van der Waals surface area (Å²) in [7, 11) is 1.82. The lowest BCUT2D eigenvalue weighted by Gasteiger charge is -2.07. The summed E-state index contributed by atoms with van der Waals surface area (Å²) in [5.74, 6) is -0.177. The average Bonchev–Trinajstić information content (AvgIpc) is 2.81. The van der Waals surface area contributed by atoms with Crippen LogP contribution in [-0.2, 0) is 24.8 Å². The number of hydrogen-bond acceptors (Lipinski definition) is 4. The van der Waals surface area contributed by atoms with Crippen LogP contribution in [0.3, 0.4) is 0 Å². The molecule has 0 aliphatic carbocycles. The number of aromatic nitrogens is 3. The minimum Gasteiger partial charge on any atom is -0.349 e. The topological polar surface area (TPSA) is 59.8 Å². The van der Waals surface area contributed by atoms with Crippen molar-refractivity contribution < 1.29 is 9.18 Å². The Labute approximate surface area is 130 Å². The standard InChI is InChI=1S/C13H14ClFN4OS/c1-19-11(17-18-13(19)21-2)7-16-12(20)6-8-9(14)4-3-5-10(8)15/h3-5H,6-7H2,1-2H3,(H,16,20). The molecule has 112 valence electrons. The van der Waals surface area contributed by atoms with E-state index in [0.717, 1.165) is 5.16 Å². The van der Waals surface area contributed by atoms with Crippen LogP contribution in [-0.4, -0.2) is 26.9 Å². The normalized spacial score (nSPS) is 10.7. The molecule has 0 bridgehead atoms. The third kappa shape index (κ3) is 3.74. The molecule has 1 aromatic heterocycles. The highest BCUT2D eigenvalue weighted by Crippen LogP contribution is 2.19. The minimum atomic E-state index is -0.485. The number of rotatable bonds is 5. The van der Waals surface area contributed by atoms with Gasteiger partial charge in [-0.1, -0.05) is 29.4 Å². The predicted octanol–water partition coefficient (Wildman–Crippen LogP) is 2.19. The van der Waals surface area contributed by atoms with Crippen LogP contribution in [0, 0.1) is 5.82 Å². The first-order chi connectivity index (χ1) is 10.0. The molecule has 2 aromatic rings. The zero-order chi connectivity index (χ0) is 15.4. The largest absolute Gasteiger partial charge is 0.349 e. The molecule has 0 fully saturated rings. The molecule has 21 heavy (non-hydrogen) atoms. The molecule has 0 aliphatic rings. The van der Waals surface area contributed by atoms with E-state index in [1.54, 1.807) is 10.6 Å². The number of halogens is 2. The van der Waals surface area contributed by atoms with Crippen LogP contribution in [0.2, 0.25) is 5.02 Å². The van der Waals surface area contributed by atoms with Crippen molar-refractivity contribution in [3.05, 3.63) is 40.4 Å². The van der Waals surface area contributed by atoms with Gasteiger partial charge in [0, 0.05) is 17.6 Å². The molecule has 1 N–H and O–H groups in total. The van der Waals surface area contributed by atoms with E-state index < -0.39 is 5.82 Å². The van der Waals surface area contributed by atoms with Gasteiger partial charge in [0.25, 0.3) is 0 Å². The highest BCUT2D eigenvalue weighted by Gasteiger charge is 2.13. The third-order valence-electron chi connectivity index (χ3n) is 2.95. The van der Waals surface area contributed by atoms with Crippen LogP contribution in [0.1, 0.15) is 11.4 Å². The summed E-state index contributed by atoms with van der Waals surface area (Å²) in [5, 5.41) is 11.6. The van der Waals surface area contributed by atoms with E-state index in [1.165, 1.54) is 23.9 Å². The molecule has 0 spiro atoms. The van der Waals surface area contributed by atoms with Gasteiger partial charge in [0.05, 0.1) is 13.0 Å². The highest BCUT2D eigenvalue weighted by atomic mass is 35.5. The highest BCUT2D eigenvalue weighted by molar-refractivity contribution is 7.98. The number of carbonyl (C=O) groups is 1. The van der Waals surface area contributed by atoms with Gasteiger partial charge in [-0.3, -0.25) is 4.79 Å². The summed E-state index contributed by atoms with van der Waals surface area (Å²) in [6.07, 6.45) is 1.78. The number of benzene rings is 1. The van der Waals surface area contributed by atoms with Gasteiger partial charge in [-0.05, 0) is 18.4 Å². The summed E-state index contributed by atoms with van der Waals surface area (Å²) in [6, 6.07) is 4.34. The van der Waals surface area contributed by atoms with E-state index in [2.05, 4.69) is 15.5 Å². The maximum Gasteiger partial charge on any atom is 0.224 e. The van der Waals surface area contributed by atoms with Gasteiger partial charge < -0.3 is 9.88 Å². The van der Waals surface area contributed by atoms with Crippen molar-refractivity contribution in [1.29, 1.82) is 0 Å². The van der Waals surface area contributed by atoms with E-state index in [4.69, 9.17) is 11.6 Å². The molecular formula is C13H14ClFN4OS. The summed E-state index contributed by atoms with van der Waals surface area (Å²) >= 11 is 7.36. The molecule has 0 atom stereocenters. The van der Waals surface area contributed by atoms with Crippen molar-refractivity contribution >= 4 is 29.3 Å². The minimum absolute atomic E-state index is 0.112. The lowest BCUT2D eigenvalue weighted by atomic mass is 10.1. The second-order valence-corrected chi connectivity index (χ2v) is 5.50. The number of carbonyl (C=O) groups excluding carboxylic acids is 1. The van der Waals surface area contributed by atoms with Gasteiger partial charge in [0.2, 0.25) is 5.91 Å². The molecule has 2 rings (SSSR count). The summed E-state index contributed by atoms with van der Waals surface area (Å²) < 4.78 is 15.4. The van der Waals surface area contributed by atoms with Gasteiger partial charge in [0.15, 0.2) is 11.0 Å².